The quantitative estimate of drug-likeness (QED) is 0.783. The highest BCUT2D eigenvalue weighted by molar-refractivity contribution is 9.11. The monoisotopic (exact) mass is 265 g/mol. The lowest BCUT2D eigenvalue weighted by molar-refractivity contribution is 0.889. The Labute approximate surface area is 75.3 Å². The molecule has 0 saturated heterocycles. The van der Waals surface area contributed by atoms with Gasteiger partial charge in [0.25, 0.3) is 0 Å². The molecule has 10 heavy (non-hydrogen) atoms. The molecule has 0 atom stereocenters. The van der Waals surface area contributed by atoms with Gasteiger partial charge >= 0.3 is 0 Å². The highest BCUT2D eigenvalue weighted by Gasteiger charge is 1.96. The highest BCUT2D eigenvalue weighted by Crippen LogP contribution is 2.12. The van der Waals surface area contributed by atoms with E-state index in [0.29, 0.717) is 12.4 Å². The molecule has 0 aliphatic rings. The van der Waals surface area contributed by atoms with Crippen LogP contribution >= 0.6 is 31.9 Å². The number of nitrogens with two attached hydrogens (primary N) is 1. The maximum atomic E-state index is 5.32. The third-order valence-corrected chi connectivity index (χ3v) is 1.70. The van der Waals surface area contributed by atoms with Gasteiger partial charge in [0.05, 0.1) is 6.54 Å². The van der Waals surface area contributed by atoms with Crippen molar-refractivity contribution in [3.8, 4) is 0 Å². The lowest BCUT2D eigenvalue weighted by Gasteiger charge is -1.95. The van der Waals surface area contributed by atoms with Crippen molar-refractivity contribution < 1.29 is 0 Å². The molecular weight excluding hydrogens is 262 g/mol. The summed E-state index contributed by atoms with van der Waals surface area (Å²) < 4.78 is 1.49. The van der Waals surface area contributed by atoms with Crippen molar-refractivity contribution in [3.05, 3.63) is 21.1 Å². The Morgan fingerprint density at radius 2 is 1.80 bits per heavy atom. The average molecular weight is 267 g/mol. The smallest absolute Gasteiger partial charge is 0.144 e. The van der Waals surface area contributed by atoms with Gasteiger partial charge in [-0.05, 0) is 31.9 Å². The van der Waals surface area contributed by atoms with Crippen LogP contribution in [0.4, 0.5) is 0 Å². The summed E-state index contributed by atoms with van der Waals surface area (Å²) in [6.45, 7) is 0.359. The summed E-state index contributed by atoms with van der Waals surface area (Å²) in [4.78, 5) is 8.01. The second-order valence-electron chi connectivity index (χ2n) is 1.63. The van der Waals surface area contributed by atoms with E-state index in [1.807, 2.05) is 0 Å². The van der Waals surface area contributed by atoms with Gasteiger partial charge in [-0.25, -0.2) is 9.97 Å². The van der Waals surface area contributed by atoms with Crippen molar-refractivity contribution in [1.82, 2.24) is 9.97 Å². The van der Waals surface area contributed by atoms with Gasteiger partial charge in [0.1, 0.15) is 15.0 Å². The summed E-state index contributed by atoms with van der Waals surface area (Å²) in [5, 5.41) is 0. The zero-order valence-corrected chi connectivity index (χ0v) is 8.18. The Bertz CT molecular complexity index is 218. The molecule has 0 bridgehead atoms. The fourth-order valence-electron chi connectivity index (χ4n) is 0.526. The summed E-state index contributed by atoms with van der Waals surface area (Å²) in [5.74, 6) is 0.626. The van der Waals surface area contributed by atoms with Crippen molar-refractivity contribution in [2.24, 2.45) is 5.73 Å². The van der Waals surface area contributed by atoms with E-state index in [-0.39, 0.29) is 0 Å². The molecule has 0 aliphatic carbocycles. The first kappa shape index (κ1) is 8.10. The largest absolute Gasteiger partial charge is 0.324 e. The molecule has 54 valence electrons. The molecule has 2 N–H and O–H groups in total. The molecule has 1 aromatic rings. The number of hydrogen-bond donors (Lipinski definition) is 1. The minimum absolute atomic E-state index is 0.359. The van der Waals surface area contributed by atoms with Crippen molar-refractivity contribution in [3.63, 3.8) is 0 Å². The van der Waals surface area contributed by atoms with Gasteiger partial charge in [-0.3, -0.25) is 0 Å². The van der Waals surface area contributed by atoms with Gasteiger partial charge in [-0.2, -0.15) is 0 Å². The number of halogens is 2. The van der Waals surface area contributed by atoms with E-state index in [0.717, 1.165) is 9.21 Å². The molecule has 0 spiro atoms. The van der Waals surface area contributed by atoms with Gasteiger partial charge in [-0.1, -0.05) is 0 Å². The van der Waals surface area contributed by atoms with Crippen molar-refractivity contribution in [2.75, 3.05) is 0 Å². The summed E-state index contributed by atoms with van der Waals surface area (Å²) in [5.41, 5.74) is 5.32. The lowest BCUT2D eigenvalue weighted by atomic mass is 10.6. The van der Waals surface area contributed by atoms with Crippen LogP contribution in [0.5, 0.6) is 0 Å². The Kier molecular flexibility index (Phi) is 2.76. The zero-order valence-electron chi connectivity index (χ0n) is 5.01. The van der Waals surface area contributed by atoms with Crippen LogP contribution in [0.1, 0.15) is 5.82 Å². The predicted octanol–water partition coefficient (Wildman–Crippen LogP) is 1.46. The Balaban J connectivity index is 3.06. The number of rotatable bonds is 1. The van der Waals surface area contributed by atoms with Crippen molar-refractivity contribution in [1.29, 1.82) is 0 Å². The van der Waals surface area contributed by atoms with Crippen LogP contribution in [-0.4, -0.2) is 9.97 Å². The fourth-order valence-corrected chi connectivity index (χ4v) is 1.68. The molecule has 5 heteroatoms. The van der Waals surface area contributed by atoms with Gasteiger partial charge in [-0.15, -0.1) is 0 Å². The van der Waals surface area contributed by atoms with Gasteiger partial charge in [0, 0.05) is 6.07 Å². The first-order chi connectivity index (χ1) is 4.72. The van der Waals surface area contributed by atoms with E-state index in [1.165, 1.54) is 0 Å². The van der Waals surface area contributed by atoms with Gasteiger partial charge in [0.2, 0.25) is 0 Å². The standard InChI is InChI=1S/C5H5Br2N3/c6-3-1-4(7)10-5(2-8)9-3/h1H,2,8H2. The number of nitrogens with zero attached hydrogens (tertiary/aromatic N) is 2. The predicted molar refractivity (Wildman–Crippen MR) is 45.3 cm³/mol. The van der Waals surface area contributed by atoms with E-state index in [2.05, 4.69) is 41.8 Å². The average Bonchev–Trinajstić information content (AvgIpc) is 1.85. The SMILES string of the molecule is NCc1nc(Br)cc(Br)n1. The third-order valence-electron chi connectivity index (χ3n) is 0.893. The highest BCUT2D eigenvalue weighted by atomic mass is 79.9. The molecule has 0 amide bonds. The molecule has 1 rings (SSSR count). The molecule has 1 aromatic heterocycles. The lowest BCUT2D eigenvalue weighted by Crippen LogP contribution is -2.02. The van der Waals surface area contributed by atoms with E-state index >= 15 is 0 Å². The van der Waals surface area contributed by atoms with Crippen LogP contribution in [0.25, 0.3) is 0 Å². The zero-order chi connectivity index (χ0) is 7.56. The molecule has 0 aromatic carbocycles. The molecule has 0 aliphatic heterocycles. The minimum atomic E-state index is 0.359. The second-order valence-corrected chi connectivity index (χ2v) is 3.26. The molecule has 1 heterocycles. The van der Waals surface area contributed by atoms with E-state index in [9.17, 15) is 0 Å². The van der Waals surface area contributed by atoms with Crippen molar-refractivity contribution in [2.45, 2.75) is 6.54 Å². The molecule has 0 fully saturated rings. The van der Waals surface area contributed by atoms with Crippen LogP contribution in [-0.2, 0) is 6.54 Å². The molecule has 3 nitrogen and oxygen atoms in total. The second kappa shape index (κ2) is 3.41. The maximum absolute atomic E-state index is 5.32. The van der Waals surface area contributed by atoms with Gasteiger partial charge < -0.3 is 5.73 Å². The Morgan fingerprint density at radius 3 is 2.20 bits per heavy atom. The minimum Gasteiger partial charge on any atom is -0.324 e. The summed E-state index contributed by atoms with van der Waals surface area (Å²) in [6, 6.07) is 1.76. The topological polar surface area (TPSA) is 51.8 Å². The van der Waals surface area contributed by atoms with E-state index < -0.39 is 0 Å². The Hall–Kier alpha value is -0.0000000000000000555. The normalized spacial score (nSPS) is 9.90. The van der Waals surface area contributed by atoms with E-state index in [4.69, 9.17) is 5.73 Å². The number of aromatic nitrogens is 2. The maximum Gasteiger partial charge on any atom is 0.144 e. The van der Waals surface area contributed by atoms with Crippen LogP contribution in [0.3, 0.4) is 0 Å². The van der Waals surface area contributed by atoms with Gasteiger partial charge in [0.15, 0.2) is 0 Å². The first-order valence-electron chi connectivity index (χ1n) is 2.61. The molecule has 0 radical (unpaired) electrons. The Morgan fingerprint density at radius 1 is 1.30 bits per heavy atom. The van der Waals surface area contributed by atoms with Crippen LogP contribution in [0.2, 0.25) is 0 Å². The summed E-state index contributed by atoms with van der Waals surface area (Å²) >= 11 is 6.43. The van der Waals surface area contributed by atoms with Crippen LogP contribution in [0.15, 0.2) is 15.3 Å². The fraction of sp³-hybridized carbons (Fsp3) is 0.200. The summed E-state index contributed by atoms with van der Waals surface area (Å²) in [6.07, 6.45) is 0. The number of hydrogen-bond acceptors (Lipinski definition) is 3. The first-order valence-corrected chi connectivity index (χ1v) is 4.20. The van der Waals surface area contributed by atoms with Crippen LogP contribution < -0.4 is 5.73 Å². The molecule has 0 saturated carbocycles. The third kappa shape index (κ3) is 2.00. The van der Waals surface area contributed by atoms with E-state index in [1.54, 1.807) is 6.07 Å². The summed E-state index contributed by atoms with van der Waals surface area (Å²) in [7, 11) is 0. The van der Waals surface area contributed by atoms with Crippen molar-refractivity contribution >= 4 is 31.9 Å². The molecular formula is C5H5Br2N3. The van der Waals surface area contributed by atoms with Crippen LogP contribution in [0, 0.1) is 0 Å². The molecule has 0 unspecified atom stereocenters.